The van der Waals surface area contributed by atoms with Crippen LogP contribution in [0.1, 0.15) is 63.6 Å². The standard InChI is InChI=1S/C16H27N3/c1-12-13(7-8-16(12)17)11-14-9-10-19(18-14)15-5-3-2-4-6-15/h9-10,12-13,15-16H,2-8,11,17H2,1H3. The summed E-state index contributed by atoms with van der Waals surface area (Å²) < 4.78 is 2.23. The quantitative estimate of drug-likeness (QED) is 0.907. The first-order valence-electron chi connectivity index (χ1n) is 8.03. The van der Waals surface area contributed by atoms with Gasteiger partial charge in [0.15, 0.2) is 0 Å². The van der Waals surface area contributed by atoms with Gasteiger partial charge in [-0.15, -0.1) is 0 Å². The van der Waals surface area contributed by atoms with Crippen molar-refractivity contribution in [2.75, 3.05) is 0 Å². The maximum Gasteiger partial charge on any atom is 0.0627 e. The topological polar surface area (TPSA) is 43.8 Å². The minimum Gasteiger partial charge on any atom is -0.327 e. The van der Waals surface area contributed by atoms with Crippen molar-refractivity contribution in [3.05, 3.63) is 18.0 Å². The summed E-state index contributed by atoms with van der Waals surface area (Å²) in [6.45, 7) is 2.31. The molecule has 0 amide bonds. The molecule has 0 aliphatic heterocycles. The van der Waals surface area contributed by atoms with Crippen molar-refractivity contribution >= 4 is 0 Å². The lowest BCUT2D eigenvalue weighted by Gasteiger charge is -2.22. The normalized spacial score (nSPS) is 32.8. The fraction of sp³-hybridized carbons (Fsp3) is 0.812. The van der Waals surface area contributed by atoms with Crippen LogP contribution in [0.2, 0.25) is 0 Å². The van der Waals surface area contributed by atoms with Crippen molar-refractivity contribution in [2.45, 2.75) is 70.4 Å². The molecule has 2 N–H and O–H groups in total. The second-order valence-corrected chi connectivity index (χ2v) is 6.64. The fourth-order valence-corrected chi connectivity index (χ4v) is 3.87. The number of nitrogens with zero attached hydrogens (tertiary/aromatic N) is 2. The third-order valence-corrected chi connectivity index (χ3v) is 5.37. The van der Waals surface area contributed by atoms with Gasteiger partial charge in [0, 0.05) is 12.2 Å². The molecule has 3 unspecified atom stereocenters. The molecule has 1 heterocycles. The van der Waals surface area contributed by atoms with Gasteiger partial charge in [0.2, 0.25) is 0 Å². The van der Waals surface area contributed by atoms with Crippen LogP contribution < -0.4 is 5.73 Å². The van der Waals surface area contributed by atoms with Crippen LogP contribution in [-0.2, 0) is 6.42 Å². The third kappa shape index (κ3) is 2.86. The molecule has 2 saturated carbocycles. The highest BCUT2D eigenvalue weighted by molar-refractivity contribution is 5.03. The molecule has 2 aliphatic carbocycles. The number of rotatable bonds is 3. The van der Waals surface area contributed by atoms with Gasteiger partial charge in [-0.3, -0.25) is 4.68 Å². The number of hydrogen-bond donors (Lipinski definition) is 1. The molecule has 19 heavy (non-hydrogen) atoms. The van der Waals surface area contributed by atoms with Gasteiger partial charge in [-0.25, -0.2) is 0 Å². The van der Waals surface area contributed by atoms with E-state index in [1.807, 2.05) is 0 Å². The summed E-state index contributed by atoms with van der Waals surface area (Å²) in [6, 6.07) is 3.29. The summed E-state index contributed by atoms with van der Waals surface area (Å²) in [6.07, 6.45) is 12.6. The lowest BCUT2D eigenvalue weighted by atomic mass is 9.92. The average Bonchev–Trinajstić information content (AvgIpc) is 3.02. The molecule has 3 heteroatoms. The molecule has 0 bridgehead atoms. The van der Waals surface area contributed by atoms with Gasteiger partial charge in [-0.2, -0.15) is 5.10 Å². The van der Waals surface area contributed by atoms with Gasteiger partial charge >= 0.3 is 0 Å². The highest BCUT2D eigenvalue weighted by Gasteiger charge is 2.30. The lowest BCUT2D eigenvalue weighted by molar-refractivity contribution is 0.325. The average molecular weight is 261 g/mol. The van der Waals surface area contributed by atoms with Crippen molar-refractivity contribution in [2.24, 2.45) is 17.6 Å². The molecule has 0 aromatic carbocycles. The van der Waals surface area contributed by atoms with E-state index in [-0.39, 0.29) is 0 Å². The number of aromatic nitrogens is 2. The van der Waals surface area contributed by atoms with E-state index < -0.39 is 0 Å². The van der Waals surface area contributed by atoms with Gasteiger partial charge in [0.05, 0.1) is 11.7 Å². The summed E-state index contributed by atoms with van der Waals surface area (Å²) >= 11 is 0. The van der Waals surface area contributed by atoms with Gasteiger partial charge in [-0.05, 0) is 50.0 Å². The molecule has 0 spiro atoms. The molecule has 1 aromatic rings. The molecular formula is C16H27N3. The molecule has 3 rings (SSSR count). The number of nitrogens with two attached hydrogens (primary N) is 1. The van der Waals surface area contributed by atoms with Gasteiger partial charge in [0.1, 0.15) is 0 Å². The Morgan fingerprint density at radius 2 is 2.00 bits per heavy atom. The zero-order valence-corrected chi connectivity index (χ0v) is 12.1. The smallest absolute Gasteiger partial charge is 0.0627 e. The molecule has 2 fully saturated rings. The maximum absolute atomic E-state index is 6.12. The SMILES string of the molecule is CC1C(N)CCC1Cc1ccn(C2CCCCC2)n1. The molecule has 0 saturated heterocycles. The van der Waals surface area contributed by atoms with Crippen LogP contribution in [0.5, 0.6) is 0 Å². The minimum absolute atomic E-state index is 0.408. The molecule has 106 valence electrons. The summed E-state index contributed by atoms with van der Waals surface area (Å²) in [4.78, 5) is 0. The summed E-state index contributed by atoms with van der Waals surface area (Å²) in [7, 11) is 0. The first kappa shape index (κ1) is 13.2. The Bertz CT molecular complexity index is 406. The monoisotopic (exact) mass is 261 g/mol. The minimum atomic E-state index is 0.408. The van der Waals surface area contributed by atoms with Crippen LogP contribution in [-0.4, -0.2) is 15.8 Å². The van der Waals surface area contributed by atoms with E-state index in [0.29, 0.717) is 18.0 Å². The van der Waals surface area contributed by atoms with Crippen LogP contribution in [0, 0.1) is 11.8 Å². The first-order chi connectivity index (χ1) is 9.24. The lowest BCUT2D eigenvalue weighted by Crippen LogP contribution is -2.25. The Balaban J connectivity index is 1.61. The highest BCUT2D eigenvalue weighted by Crippen LogP contribution is 2.33. The molecule has 0 radical (unpaired) electrons. The van der Waals surface area contributed by atoms with Gasteiger partial charge in [-0.1, -0.05) is 26.2 Å². The van der Waals surface area contributed by atoms with Crippen LogP contribution in [0.4, 0.5) is 0 Å². The Morgan fingerprint density at radius 3 is 2.68 bits per heavy atom. The molecular weight excluding hydrogens is 234 g/mol. The van der Waals surface area contributed by atoms with E-state index in [9.17, 15) is 0 Å². The maximum atomic E-state index is 6.12. The Morgan fingerprint density at radius 1 is 1.21 bits per heavy atom. The zero-order valence-electron chi connectivity index (χ0n) is 12.1. The molecule has 2 aliphatic rings. The Hall–Kier alpha value is -0.830. The van der Waals surface area contributed by atoms with Crippen LogP contribution in [0.3, 0.4) is 0 Å². The van der Waals surface area contributed by atoms with Crippen molar-refractivity contribution in [1.82, 2.24) is 9.78 Å². The fourth-order valence-electron chi connectivity index (χ4n) is 3.87. The third-order valence-electron chi connectivity index (χ3n) is 5.37. The van der Waals surface area contributed by atoms with Crippen molar-refractivity contribution in [3.8, 4) is 0 Å². The summed E-state index contributed by atoms with van der Waals surface area (Å²) in [5, 5.41) is 4.83. The van der Waals surface area contributed by atoms with Crippen LogP contribution >= 0.6 is 0 Å². The second-order valence-electron chi connectivity index (χ2n) is 6.64. The van der Waals surface area contributed by atoms with E-state index in [2.05, 4.69) is 23.9 Å². The van der Waals surface area contributed by atoms with Crippen LogP contribution in [0.25, 0.3) is 0 Å². The van der Waals surface area contributed by atoms with Gasteiger partial charge in [0.25, 0.3) is 0 Å². The van der Waals surface area contributed by atoms with Crippen molar-refractivity contribution in [1.29, 1.82) is 0 Å². The van der Waals surface area contributed by atoms with Crippen molar-refractivity contribution < 1.29 is 0 Å². The van der Waals surface area contributed by atoms with E-state index >= 15 is 0 Å². The van der Waals surface area contributed by atoms with E-state index in [0.717, 1.165) is 12.3 Å². The Labute approximate surface area is 116 Å². The zero-order chi connectivity index (χ0) is 13.2. The highest BCUT2D eigenvalue weighted by atomic mass is 15.3. The summed E-state index contributed by atoms with van der Waals surface area (Å²) in [5.41, 5.74) is 7.39. The second kappa shape index (κ2) is 5.66. The van der Waals surface area contributed by atoms with Crippen LogP contribution in [0.15, 0.2) is 12.3 Å². The van der Waals surface area contributed by atoms with Gasteiger partial charge < -0.3 is 5.73 Å². The molecule has 1 aromatic heterocycles. The van der Waals surface area contributed by atoms with E-state index in [1.54, 1.807) is 0 Å². The summed E-state index contributed by atoms with van der Waals surface area (Å²) in [5.74, 6) is 1.39. The predicted octanol–water partition coefficient (Wildman–Crippen LogP) is 3.30. The van der Waals surface area contributed by atoms with E-state index in [1.165, 1.54) is 50.6 Å². The van der Waals surface area contributed by atoms with Crippen molar-refractivity contribution in [3.63, 3.8) is 0 Å². The Kier molecular flexibility index (Phi) is 3.92. The predicted molar refractivity (Wildman–Crippen MR) is 77.9 cm³/mol. The molecule has 3 atom stereocenters. The number of hydrogen-bond acceptors (Lipinski definition) is 2. The first-order valence-corrected chi connectivity index (χ1v) is 8.03. The molecule has 3 nitrogen and oxygen atoms in total. The largest absolute Gasteiger partial charge is 0.327 e. The van der Waals surface area contributed by atoms with E-state index in [4.69, 9.17) is 10.8 Å².